The Morgan fingerprint density at radius 2 is 1.90 bits per heavy atom. The van der Waals surface area contributed by atoms with Gasteiger partial charge >= 0.3 is 0 Å². The summed E-state index contributed by atoms with van der Waals surface area (Å²) >= 11 is 5.78. The van der Waals surface area contributed by atoms with Crippen LogP contribution in [0.1, 0.15) is 40.3 Å². The Labute approximate surface area is 177 Å². The number of rotatable bonds is 5. The zero-order valence-electron chi connectivity index (χ0n) is 17.2. The second kappa shape index (κ2) is 7.87. The predicted molar refractivity (Wildman–Crippen MR) is 119 cm³/mol. The zero-order valence-corrected chi connectivity index (χ0v) is 18.0. The number of methoxy groups -OCH3 is 1. The quantitative estimate of drug-likeness (QED) is 0.643. The van der Waals surface area contributed by atoms with Crippen molar-refractivity contribution >= 4 is 17.3 Å². The minimum Gasteiger partial charge on any atom is -0.497 e. The van der Waals surface area contributed by atoms with Crippen LogP contribution in [0.4, 0.5) is 0 Å². The molecule has 2 atom stereocenters. The lowest BCUT2D eigenvalue weighted by molar-refractivity contribution is 0.309. The number of hydrogen-bond acceptors (Lipinski definition) is 3. The minimum atomic E-state index is 0.00227. The molecule has 1 aliphatic heterocycles. The van der Waals surface area contributed by atoms with Crippen molar-refractivity contribution < 1.29 is 4.74 Å². The molecule has 6 heteroatoms. The van der Waals surface area contributed by atoms with Crippen LogP contribution >= 0.6 is 12.2 Å². The van der Waals surface area contributed by atoms with Crippen molar-refractivity contribution in [3.05, 3.63) is 82.9 Å². The molecule has 1 N–H and O–H groups in total. The maximum absolute atomic E-state index is 5.78. The van der Waals surface area contributed by atoms with E-state index in [4.69, 9.17) is 17.0 Å². The lowest BCUT2D eigenvalue weighted by Gasteiger charge is -2.28. The molecule has 150 valence electrons. The van der Waals surface area contributed by atoms with Crippen LogP contribution in [0.25, 0.3) is 0 Å². The summed E-state index contributed by atoms with van der Waals surface area (Å²) < 4.78 is 7.53. The van der Waals surface area contributed by atoms with Crippen molar-refractivity contribution in [2.45, 2.75) is 32.5 Å². The summed E-state index contributed by atoms with van der Waals surface area (Å²) in [6.45, 7) is 5.03. The van der Waals surface area contributed by atoms with E-state index in [1.807, 2.05) is 30.5 Å². The maximum atomic E-state index is 5.78. The molecule has 0 aliphatic carbocycles. The minimum absolute atomic E-state index is 0.00227. The monoisotopic (exact) mass is 406 g/mol. The van der Waals surface area contributed by atoms with Gasteiger partial charge in [0, 0.05) is 31.2 Å². The average Bonchev–Trinajstić information content (AvgIpc) is 3.20. The Morgan fingerprint density at radius 1 is 1.14 bits per heavy atom. The van der Waals surface area contributed by atoms with Crippen LogP contribution < -0.4 is 10.1 Å². The third-order valence-corrected chi connectivity index (χ3v) is 6.20. The summed E-state index contributed by atoms with van der Waals surface area (Å²) in [7, 11) is 3.79. The van der Waals surface area contributed by atoms with Crippen molar-refractivity contribution in [1.82, 2.24) is 19.8 Å². The first-order valence-corrected chi connectivity index (χ1v) is 10.1. The van der Waals surface area contributed by atoms with Crippen molar-refractivity contribution in [3.63, 3.8) is 0 Å². The number of thiocarbonyl (C=S) groups is 1. The second-order valence-electron chi connectivity index (χ2n) is 7.49. The Kier molecular flexibility index (Phi) is 5.28. The first-order valence-electron chi connectivity index (χ1n) is 9.73. The van der Waals surface area contributed by atoms with E-state index in [1.54, 1.807) is 7.11 Å². The second-order valence-corrected chi connectivity index (χ2v) is 7.87. The van der Waals surface area contributed by atoms with E-state index in [-0.39, 0.29) is 12.1 Å². The standard InChI is InChI=1S/C23H26N4OS/c1-15-13-19(16(2)26(15)3)22-21(20-7-5-6-12-24-20)25-23(29)27(22)14-17-8-10-18(28-4)11-9-17/h5-13,21-22H,14H2,1-4H3,(H,25,29)/t21-,22-/m1/s1. The molecule has 4 rings (SSSR count). The number of benzene rings is 1. The summed E-state index contributed by atoms with van der Waals surface area (Å²) in [6, 6.07) is 16.5. The molecule has 1 fully saturated rings. The summed E-state index contributed by atoms with van der Waals surface area (Å²) in [5.74, 6) is 0.855. The van der Waals surface area contributed by atoms with Gasteiger partial charge in [0.2, 0.25) is 0 Å². The molecule has 0 amide bonds. The van der Waals surface area contributed by atoms with Gasteiger partial charge in [-0.2, -0.15) is 0 Å². The molecule has 1 saturated heterocycles. The maximum Gasteiger partial charge on any atom is 0.170 e. The predicted octanol–water partition coefficient (Wildman–Crippen LogP) is 4.22. The van der Waals surface area contributed by atoms with Gasteiger partial charge in [-0.3, -0.25) is 4.98 Å². The first kappa shape index (κ1) is 19.5. The van der Waals surface area contributed by atoms with Crippen molar-refractivity contribution in [1.29, 1.82) is 0 Å². The zero-order chi connectivity index (χ0) is 20.5. The molecule has 3 heterocycles. The van der Waals surface area contributed by atoms with Gasteiger partial charge in [0.15, 0.2) is 5.11 Å². The van der Waals surface area contributed by atoms with Gasteiger partial charge < -0.3 is 19.5 Å². The van der Waals surface area contributed by atoms with Crippen molar-refractivity contribution in [2.75, 3.05) is 7.11 Å². The Balaban J connectivity index is 1.75. The SMILES string of the molecule is COc1ccc(CN2C(=S)N[C@H](c3ccccn3)[C@H]2c2cc(C)n(C)c2C)cc1. The Bertz CT molecular complexity index is 1010. The van der Waals surface area contributed by atoms with Gasteiger partial charge in [0.25, 0.3) is 0 Å². The van der Waals surface area contributed by atoms with E-state index in [0.717, 1.165) is 23.1 Å². The summed E-state index contributed by atoms with van der Waals surface area (Å²) in [5, 5.41) is 4.28. The fraction of sp³-hybridized carbons (Fsp3) is 0.304. The highest BCUT2D eigenvalue weighted by molar-refractivity contribution is 7.80. The number of pyridine rings is 1. The number of aromatic nitrogens is 2. The highest BCUT2D eigenvalue weighted by Crippen LogP contribution is 2.41. The van der Waals surface area contributed by atoms with Gasteiger partial charge in [0.1, 0.15) is 5.75 Å². The van der Waals surface area contributed by atoms with Crippen LogP contribution in [0.3, 0.4) is 0 Å². The molecule has 0 unspecified atom stereocenters. The van der Waals surface area contributed by atoms with Gasteiger partial charge in [-0.25, -0.2) is 0 Å². The molecule has 3 aromatic rings. The third-order valence-electron chi connectivity index (χ3n) is 5.84. The van der Waals surface area contributed by atoms with Crippen molar-refractivity contribution in [2.24, 2.45) is 7.05 Å². The van der Waals surface area contributed by atoms with E-state index >= 15 is 0 Å². The largest absolute Gasteiger partial charge is 0.497 e. The number of nitrogens with zero attached hydrogens (tertiary/aromatic N) is 3. The molecule has 1 aromatic carbocycles. The number of nitrogens with one attached hydrogen (secondary N) is 1. The van der Waals surface area contributed by atoms with Gasteiger partial charge in [-0.1, -0.05) is 18.2 Å². The third kappa shape index (κ3) is 3.60. The van der Waals surface area contributed by atoms with E-state index in [1.165, 1.54) is 22.5 Å². The lowest BCUT2D eigenvalue weighted by Crippen LogP contribution is -2.29. The first-order chi connectivity index (χ1) is 14.0. The van der Waals surface area contributed by atoms with Crippen LogP contribution in [0.5, 0.6) is 5.75 Å². The van der Waals surface area contributed by atoms with Crippen LogP contribution in [0.15, 0.2) is 54.7 Å². The summed E-state index contributed by atoms with van der Waals surface area (Å²) in [6.07, 6.45) is 1.84. The molecular weight excluding hydrogens is 380 g/mol. The van der Waals surface area contributed by atoms with Crippen LogP contribution in [-0.2, 0) is 13.6 Å². The van der Waals surface area contributed by atoms with E-state index < -0.39 is 0 Å². The molecule has 29 heavy (non-hydrogen) atoms. The highest BCUT2D eigenvalue weighted by atomic mass is 32.1. The summed E-state index contributed by atoms with van der Waals surface area (Å²) in [4.78, 5) is 6.90. The van der Waals surface area contributed by atoms with Gasteiger partial charge in [-0.15, -0.1) is 0 Å². The fourth-order valence-corrected chi connectivity index (χ4v) is 4.33. The van der Waals surface area contributed by atoms with Crippen molar-refractivity contribution in [3.8, 4) is 5.75 Å². The smallest absolute Gasteiger partial charge is 0.170 e. The average molecular weight is 407 g/mol. The number of aryl methyl sites for hydroxylation is 1. The molecule has 2 aromatic heterocycles. The van der Waals surface area contributed by atoms with Crippen LogP contribution in [-0.4, -0.2) is 26.7 Å². The van der Waals surface area contributed by atoms with Gasteiger partial charge in [-0.05, 0) is 67.5 Å². The van der Waals surface area contributed by atoms with E-state index in [9.17, 15) is 0 Å². The van der Waals surface area contributed by atoms with Crippen LogP contribution in [0, 0.1) is 13.8 Å². The topological polar surface area (TPSA) is 42.3 Å². The molecule has 5 nitrogen and oxygen atoms in total. The van der Waals surface area contributed by atoms with E-state index in [0.29, 0.717) is 0 Å². The van der Waals surface area contributed by atoms with E-state index in [2.05, 4.69) is 64.9 Å². The number of ether oxygens (including phenoxy) is 1. The Morgan fingerprint density at radius 3 is 2.48 bits per heavy atom. The molecule has 0 bridgehead atoms. The molecule has 0 spiro atoms. The Hall–Kier alpha value is -2.86. The molecule has 0 saturated carbocycles. The molecule has 0 radical (unpaired) electrons. The highest BCUT2D eigenvalue weighted by Gasteiger charge is 2.41. The number of hydrogen-bond donors (Lipinski definition) is 1. The van der Waals surface area contributed by atoms with Crippen LogP contribution in [0.2, 0.25) is 0 Å². The fourth-order valence-electron chi connectivity index (χ4n) is 4.03. The molecule has 1 aliphatic rings. The normalized spacial score (nSPS) is 18.8. The lowest BCUT2D eigenvalue weighted by atomic mass is 9.96. The summed E-state index contributed by atoms with van der Waals surface area (Å²) in [5.41, 5.74) is 5.95. The molecular formula is C23H26N4OS. The van der Waals surface area contributed by atoms with Gasteiger partial charge in [0.05, 0.1) is 24.9 Å².